The van der Waals surface area contributed by atoms with Crippen molar-refractivity contribution in [3.63, 3.8) is 0 Å². The third kappa shape index (κ3) is 4.43. The van der Waals surface area contributed by atoms with Gasteiger partial charge in [0.25, 0.3) is 0 Å². The van der Waals surface area contributed by atoms with Crippen LogP contribution in [0.2, 0.25) is 0 Å². The van der Waals surface area contributed by atoms with E-state index < -0.39 is 21.4 Å². The molecule has 0 saturated carbocycles. The van der Waals surface area contributed by atoms with E-state index in [2.05, 4.69) is 4.18 Å². The minimum Gasteiger partial charge on any atom is -0.467 e. The van der Waals surface area contributed by atoms with Gasteiger partial charge in [0.15, 0.2) is 12.0 Å². The molecule has 1 rings (SSSR count). The zero-order valence-corrected chi connectivity index (χ0v) is 14.4. The summed E-state index contributed by atoms with van der Waals surface area (Å²) < 4.78 is 68.4. The number of halogens is 4. The summed E-state index contributed by atoms with van der Waals surface area (Å²) in [7, 11) is -5.85. The number of aryl methyl sites for hydroxylation is 1. The van der Waals surface area contributed by atoms with E-state index in [0.717, 1.165) is 6.07 Å². The molecule has 0 fully saturated rings. The molecule has 0 amide bonds. The van der Waals surface area contributed by atoms with Crippen molar-refractivity contribution >= 4 is 44.9 Å². The number of hydrogen-bond acceptors (Lipinski definition) is 5. The molecule has 1 unspecified atom stereocenters. The van der Waals surface area contributed by atoms with Crippen LogP contribution in [0, 0.1) is 0 Å². The summed E-state index contributed by atoms with van der Waals surface area (Å²) in [5, 5.41) is 0. The van der Waals surface area contributed by atoms with Gasteiger partial charge in [0.1, 0.15) is 12.2 Å². The third-order valence-electron chi connectivity index (χ3n) is 2.34. The molecule has 0 aliphatic rings. The fourth-order valence-electron chi connectivity index (χ4n) is 1.42. The fourth-order valence-corrected chi connectivity index (χ4v) is 2.86. The highest BCUT2D eigenvalue weighted by Crippen LogP contribution is 2.36. The Morgan fingerprint density at radius 3 is 2.43 bits per heavy atom. The highest BCUT2D eigenvalue weighted by atomic mass is 127. The van der Waals surface area contributed by atoms with Gasteiger partial charge in [-0.2, -0.15) is 21.6 Å². The smallest absolute Gasteiger partial charge is 0.467 e. The van der Waals surface area contributed by atoms with Crippen molar-refractivity contribution in [3.05, 3.63) is 23.3 Å². The summed E-state index contributed by atoms with van der Waals surface area (Å²) >= 11 is 1.88. The molecule has 0 bridgehead atoms. The van der Waals surface area contributed by atoms with Crippen LogP contribution >= 0.6 is 28.5 Å². The van der Waals surface area contributed by atoms with Crippen molar-refractivity contribution in [2.45, 2.75) is 18.9 Å². The van der Waals surface area contributed by atoms with E-state index in [1.54, 1.807) is 6.92 Å². The molecular weight excluding hydrogens is 447 g/mol. The number of hydrogen-bond donors (Lipinski definition) is 0. The van der Waals surface area contributed by atoms with Crippen LogP contribution in [-0.4, -0.2) is 20.2 Å². The van der Waals surface area contributed by atoms with Gasteiger partial charge < -0.3 is 8.71 Å². The van der Waals surface area contributed by atoms with Crippen molar-refractivity contribution in [1.82, 2.24) is 0 Å². The molecule has 0 N–H and O–H groups in total. The molecule has 21 heavy (non-hydrogen) atoms. The first kappa shape index (κ1) is 18.4. The number of aldehydes is 1. The van der Waals surface area contributed by atoms with E-state index in [-0.39, 0.29) is 30.5 Å². The van der Waals surface area contributed by atoms with Crippen LogP contribution in [0.4, 0.5) is 13.2 Å². The first-order valence-electron chi connectivity index (χ1n) is 5.31. The van der Waals surface area contributed by atoms with E-state index in [1.165, 1.54) is 6.07 Å². The van der Waals surface area contributed by atoms with Gasteiger partial charge in [0.2, 0.25) is 0 Å². The Hall–Kier alpha value is -0.610. The average Bonchev–Trinajstić information content (AvgIpc) is 2.36. The van der Waals surface area contributed by atoms with E-state index in [9.17, 15) is 26.4 Å². The van der Waals surface area contributed by atoms with Gasteiger partial charge in [0.05, 0.1) is 5.56 Å². The molecule has 0 heterocycles. The van der Waals surface area contributed by atoms with Crippen LogP contribution in [0.15, 0.2) is 12.1 Å². The minimum absolute atomic E-state index is 0.0416. The SMILES string of the molecule is CCc1cc(OPI)cc(OS(=O)(=O)C(F)(F)F)c1C=O. The van der Waals surface area contributed by atoms with Crippen molar-refractivity contribution in [3.8, 4) is 11.5 Å². The van der Waals surface area contributed by atoms with Gasteiger partial charge in [-0.25, -0.2) is 0 Å². The van der Waals surface area contributed by atoms with Gasteiger partial charge in [-0.1, -0.05) is 6.92 Å². The summed E-state index contributed by atoms with van der Waals surface area (Å²) in [6.45, 7) is 1.61. The molecule has 1 aromatic carbocycles. The highest BCUT2D eigenvalue weighted by Gasteiger charge is 2.49. The lowest BCUT2D eigenvalue weighted by molar-refractivity contribution is -0.0500. The maximum absolute atomic E-state index is 12.4. The molecular formula is C10H9F3IO5PS. The molecule has 11 heteroatoms. The third-order valence-corrected chi connectivity index (χ3v) is 4.28. The number of benzene rings is 1. The number of alkyl halides is 3. The predicted molar refractivity (Wildman–Crippen MR) is 79.8 cm³/mol. The van der Waals surface area contributed by atoms with Crippen molar-refractivity contribution in [2.24, 2.45) is 0 Å². The minimum atomic E-state index is -5.85. The zero-order chi connectivity index (χ0) is 16.3. The molecule has 118 valence electrons. The largest absolute Gasteiger partial charge is 0.534 e. The van der Waals surface area contributed by atoms with E-state index in [1.807, 2.05) is 22.0 Å². The van der Waals surface area contributed by atoms with Crippen molar-refractivity contribution in [2.75, 3.05) is 0 Å². The molecule has 0 aromatic heterocycles. The maximum atomic E-state index is 12.4. The molecule has 0 radical (unpaired) electrons. The quantitative estimate of drug-likeness (QED) is 0.215. The van der Waals surface area contributed by atoms with Gasteiger partial charge in [-0.3, -0.25) is 4.79 Å². The summed E-state index contributed by atoms with van der Waals surface area (Å²) in [5.41, 5.74) is -5.51. The van der Waals surface area contributed by atoms with Crippen LogP contribution in [0.1, 0.15) is 22.8 Å². The van der Waals surface area contributed by atoms with Crippen molar-refractivity contribution < 1.29 is 35.1 Å². The van der Waals surface area contributed by atoms with E-state index >= 15 is 0 Å². The van der Waals surface area contributed by atoms with Crippen LogP contribution in [0.5, 0.6) is 11.5 Å². The summed E-state index contributed by atoms with van der Waals surface area (Å²) in [6.07, 6.45) is 0.536. The fraction of sp³-hybridized carbons (Fsp3) is 0.300. The highest BCUT2D eigenvalue weighted by molar-refractivity contribution is 14.2. The van der Waals surface area contributed by atoms with Crippen LogP contribution in [0.3, 0.4) is 0 Å². The lowest BCUT2D eigenvalue weighted by atomic mass is 10.0. The lowest BCUT2D eigenvalue weighted by Crippen LogP contribution is -2.28. The molecule has 0 aliphatic carbocycles. The van der Waals surface area contributed by atoms with Crippen LogP contribution < -0.4 is 8.71 Å². The van der Waals surface area contributed by atoms with Crippen molar-refractivity contribution in [1.29, 1.82) is 0 Å². The Kier molecular flexibility index (Phi) is 6.23. The molecule has 0 saturated heterocycles. The second-order valence-electron chi connectivity index (χ2n) is 3.63. The Labute approximate surface area is 133 Å². The molecule has 1 aromatic rings. The molecule has 0 spiro atoms. The second kappa shape index (κ2) is 7.10. The topological polar surface area (TPSA) is 69.7 Å². The molecule has 0 aliphatic heterocycles. The van der Waals surface area contributed by atoms with Crippen LogP contribution in [-0.2, 0) is 16.5 Å². The van der Waals surface area contributed by atoms with Gasteiger partial charge in [-0.15, -0.1) is 0 Å². The zero-order valence-electron chi connectivity index (χ0n) is 10.4. The Morgan fingerprint density at radius 2 is 2.00 bits per heavy atom. The Morgan fingerprint density at radius 1 is 1.38 bits per heavy atom. The second-order valence-corrected chi connectivity index (χ2v) is 6.85. The summed E-state index contributed by atoms with van der Waals surface area (Å²) in [4.78, 5) is 11.0. The van der Waals surface area contributed by atoms with E-state index in [0.29, 0.717) is 5.56 Å². The summed E-state index contributed by atoms with van der Waals surface area (Å²) in [5.74, 6) is -0.580. The van der Waals surface area contributed by atoms with Crippen LogP contribution in [0.25, 0.3) is 0 Å². The monoisotopic (exact) mass is 456 g/mol. The Balaban J connectivity index is 3.39. The maximum Gasteiger partial charge on any atom is 0.534 e. The first-order chi connectivity index (χ1) is 9.66. The van der Waals surface area contributed by atoms with E-state index in [4.69, 9.17) is 4.52 Å². The first-order valence-corrected chi connectivity index (χ1v) is 10.7. The van der Waals surface area contributed by atoms with Gasteiger partial charge >= 0.3 is 15.6 Å². The number of carbonyl (C=O) groups excluding carboxylic acids is 1. The standard InChI is InChI=1S/C10H9F3IO5PS/c1-2-6-3-7(18-20-14)4-9(8(6)5-15)19-21(16,17)10(11,12)13/h3-5,20H,2H2,1H3. The number of rotatable bonds is 6. The normalized spacial score (nSPS) is 12.6. The summed E-state index contributed by atoms with van der Waals surface area (Å²) in [6, 6.07) is 2.39. The predicted octanol–water partition coefficient (Wildman–Crippen LogP) is 3.61. The number of carbonyl (C=O) groups is 1. The van der Waals surface area contributed by atoms with Gasteiger partial charge in [0, 0.05) is 6.07 Å². The van der Waals surface area contributed by atoms with Gasteiger partial charge in [-0.05, 0) is 40.1 Å². The average molecular weight is 456 g/mol. The molecule has 1 atom stereocenters. The molecule has 5 nitrogen and oxygen atoms in total. The lowest BCUT2D eigenvalue weighted by Gasteiger charge is -2.14. The Bertz CT molecular complexity index is 632.